The summed E-state index contributed by atoms with van der Waals surface area (Å²) >= 11 is 1.60. The molecule has 7 heteroatoms. The minimum Gasteiger partial charge on any atom is -0.339 e. The number of hydrogen-bond donors (Lipinski definition) is 1. The molecule has 0 spiro atoms. The molecule has 3 heterocycles. The number of hydrogen-bond acceptors (Lipinski definition) is 4. The normalized spacial score (nSPS) is 14.5. The molecule has 0 unspecified atom stereocenters. The van der Waals surface area contributed by atoms with Gasteiger partial charge in [-0.2, -0.15) is 0 Å². The number of nitrogens with zero attached hydrogens (tertiary/aromatic N) is 3. The van der Waals surface area contributed by atoms with E-state index >= 15 is 0 Å². The Morgan fingerprint density at radius 2 is 1.71 bits per heavy atom. The van der Waals surface area contributed by atoms with Crippen LogP contribution >= 0.6 is 11.3 Å². The molecule has 1 N–H and O–H groups in total. The molecule has 174 valence electrons. The molecule has 0 saturated carbocycles. The maximum atomic E-state index is 13.2. The van der Waals surface area contributed by atoms with E-state index in [2.05, 4.69) is 10.3 Å². The second-order valence-electron chi connectivity index (χ2n) is 8.88. The number of nitrogens with one attached hydrogen (secondary N) is 1. The monoisotopic (exact) mass is 480 g/mol. The standard InChI is InChI=1S/C28H24N4O2S/c33-26(29-22-10-8-20(9-11-22)25-18-32-16-17-35-28(32)30-25)21-12-14-31(15-13-21)27(34)24-7-3-5-19-4-1-2-6-23(19)24/h1-11,16-18,21H,12-15H2,(H,29,33). The summed E-state index contributed by atoms with van der Waals surface area (Å²) in [5, 5.41) is 7.09. The predicted molar refractivity (Wildman–Crippen MR) is 140 cm³/mol. The van der Waals surface area contributed by atoms with Gasteiger partial charge < -0.3 is 10.2 Å². The first-order chi connectivity index (χ1) is 17.2. The van der Waals surface area contributed by atoms with Crippen molar-refractivity contribution in [2.75, 3.05) is 18.4 Å². The third-order valence-electron chi connectivity index (χ3n) is 6.71. The molecule has 0 bridgehead atoms. The summed E-state index contributed by atoms with van der Waals surface area (Å²) in [6, 6.07) is 21.6. The lowest BCUT2D eigenvalue weighted by Gasteiger charge is -2.31. The highest BCUT2D eigenvalue weighted by atomic mass is 32.1. The second-order valence-corrected chi connectivity index (χ2v) is 9.75. The van der Waals surface area contributed by atoms with Gasteiger partial charge in [0.25, 0.3) is 5.91 Å². The van der Waals surface area contributed by atoms with Gasteiger partial charge in [-0.25, -0.2) is 4.98 Å². The van der Waals surface area contributed by atoms with Crippen LogP contribution in [-0.4, -0.2) is 39.2 Å². The van der Waals surface area contributed by atoms with E-state index in [1.807, 2.05) is 93.8 Å². The molecule has 35 heavy (non-hydrogen) atoms. The number of piperidine rings is 1. The average molecular weight is 481 g/mol. The highest BCUT2D eigenvalue weighted by Gasteiger charge is 2.28. The Bertz CT molecular complexity index is 1490. The maximum Gasteiger partial charge on any atom is 0.254 e. The van der Waals surface area contributed by atoms with E-state index in [-0.39, 0.29) is 17.7 Å². The molecule has 0 aliphatic carbocycles. The number of rotatable bonds is 4. The number of carbonyl (C=O) groups excluding carboxylic acids is 2. The highest BCUT2D eigenvalue weighted by molar-refractivity contribution is 7.15. The lowest BCUT2D eigenvalue weighted by molar-refractivity contribution is -0.121. The van der Waals surface area contributed by atoms with Gasteiger partial charge in [-0.05, 0) is 41.8 Å². The van der Waals surface area contributed by atoms with Crippen LogP contribution in [0.3, 0.4) is 0 Å². The Kier molecular flexibility index (Phi) is 5.54. The number of aromatic nitrogens is 2. The van der Waals surface area contributed by atoms with Crippen LogP contribution in [-0.2, 0) is 4.79 Å². The highest BCUT2D eigenvalue weighted by Crippen LogP contribution is 2.26. The first-order valence-electron chi connectivity index (χ1n) is 11.8. The summed E-state index contributed by atoms with van der Waals surface area (Å²) in [5.41, 5.74) is 3.43. The van der Waals surface area contributed by atoms with E-state index in [4.69, 9.17) is 0 Å². The molecule has 1 saturated heterocycles. The molecular weight excluding hydrogens is 456 g/mol. The van der Waals surface area contributed by atoms with Gasteiger partial charge in [0, 0.05) is 53.6 Å². The van der Waals surface area contributed by atoms with E-state index in [1.54, 1.807) is 11.3 Å². The molecule has 3 aromatic carbocycles. The van der Waals surface area contributed by atoms with E-state index < -0.39 is 0 Å². The van der Waals surface area contributed by atoms with Crippen molar-refractivity contribution >= 4 is 44.6 Å². The lowest BCUT2D eigenvalue weighted by Crippen LogP contribution is -2.41. The first-order valence-corrected chi connectivity index (χ1v) is 12.6. The van der Waals surface area contributed by atoms with Crippen LogP contribution in [0.25, 0.3) is 27.0 Å². The number of carbonyl (C=O) groups is 2. The van der Waals surface area contributed by atoms with Gasteiger partial charge >= 0.3 is 0 Å². The fourth-order valence-electron chi connectivity index (χ4n) is 4.76. The van der Waals surface area contributed by atoms with Crippen LogP contribution in [0.15, 0.2) is 84.5 Å². The van der Waals surface area contributed by atoms with Crippen molar-refractivity contribution in [3.05, 3.63) is 90.1 Å². The van der Waals surface area contributed by atoms with Gasteiger partial charge in [0.05, 0.1) is 5.69 Å². The summed E-state index contributed by atoms with van der Waals surface area (Å²) in [7, 11) is 0. The van der Waals surface area contributed by atoms with Crippen molar-refractivity contribution < 1.29 is 9.59 Å². The summed E-state index contributed by atoms with van der Waals surface area (Å²) in [6.45, 7) is 1.16. The zero-order valence-corrected chi connectivity index (χ0v) is 19.9. The Hall–Kier alpha value is -3.97. The smallest absolute Gasteiger partial charge is 0.254 e. The minimum atomic E-state index is -0.105. The summed E-state index contributed by atoms with van der Waals surface area (Å²) < 4.78 is 2.01. The largest absolute Gasteiger partial charge is 0.339 e. The summed E-state index contributed by atoms with van der Waals surface area (Å²) in [4.78, 5) is 33.5. The average Bonchev–Trinajstić information content (AvgIpc) is 3.51. The molecule has 5 aromatic rings. The van der Waals surface area contributed by atoms with Crippen molar-refractivity contribution in [3.63, 3.8) is 0 Å². The summed E-state index contributed by atoms with van der Waals surface area (Å²) in [5.74, 6) is -0.0564. The fourth-order valence-corrected chi connectivity index (χ4v) is 5.46. The molecular formula is C28H24N4O2S. The van der Waals surface area contributed by atoms with Gasteiger partial charge in [-0.1, -0.05) is 48.5 Å². The van der Waals surface area contributed by atoms with Crippen LogP contribution in [0.1, 0.15) is 23.2 Å². The topological polar surface area (TPSA) is 66.7 Å². The van der Waals surface area contributed by atoms with E-state index in [1.165, 1.54) is 0 Å². The van der Waals surface area contributed by atoms with Crippen molar-refractivity contribution in [1.82, 2.24) is 14.3 Å². The van der Waals surface area contributed by atoms with Crippen LogP contribution in [0.2, 0.25) is 0 Å². The molecule has 1 aliphatic heterocycles. The number of fused-ring (bicyclic) bond motifs is 2. The molecule has 2 aromatic heterocycles. The van der Waals surface area contributed by atoms with Crippen LogP contribution < -0.4 is 5.32 Å². The Morgan fingerprint density at radius 1 is 0.943 bits per heavy atom. The second kappa shape index (κ2) is 9.00. The summed E-state index contributed by atoms with van der Waals surface area (Å²) in [6.07, 6.45) is 5.32. The van der Waals surface area contributed by atoms with Gasteiger partial charge in [-0.3, -0.25) is 14.0 Å². The van der Waals surface area contributed by atoms with Crippen LogP contribution in [0.5, 0.6) is 0 Å². The van der Waals surface area contributed by atoms with E-state index in [0.29, 0.717) is 25.9 Å². The molecule has 1 aliphatic rings. The van der Waals surface area contributed by atoms with Crippen LogP contribution in [0, 0.1) is 5.92 Å². The zero-order valence-electron chi connectivity index (χ0n) is 19.1. The van der Waals surface area contributed by atoms with Crippen molar-refractivity contribution in [2.45, 2.75) is 12.8 Å². The van der Waals surface area contributed by atoms with Gasteiger partial charge in [0.15, 0.2) is 4.96 Å². The first kappa shape index (κ1) is 21.6. The number of likely N-dealkylation sites (tertiary alicyclic amines) is 1. The van der Waals surface area contributed by atoms with Gasteiger partial charge in [0.1, 0.15) is 0 Å². The number of anilines is 1. The molecule has 0 radical (unpaired) electrons. The lowest BCUT2D eigenvalue weighted by atomic mass is 9.94. The van der Waals surface area contributed by atoms with Crippen molar-refractivity contribution in [2.24, 2.45) is 5.92 Å². The van der Waals surface area contributed by atoms with Crippen molar-refractivity contribution in [3.8, 4) is 11.3 Å². The third-order valence-corrected chi connectivity index (χ3v) is 7.49. The van der Waals surface area contributed by atoms with Gasteiger partial charge in [0.2, 0.25) is 5.91 Å². The molecule has 6 rings (SSSR count). The molecule has 2 amide bonds. The molecule has 1 fully saturated rings. The van der Waals surface area contributed by atoms with Gasteiger partial charge in [-0.15, -0.1) is 11.3 Å². The molecule has 6 nitrogen and oxygen atoms in total. The van der Waals surface area contributed by atoms with E-state index in [9.17, 15) is 9.59 Å². The SMILES string of the molecule is O=C(Nc1ccc(-c2cn3ccsc3n2)cc1)C1CCN(C(=O)c2cccc3ccccc23)CC1. The quantitative estimate of drug-likeness (QED) is 0.358. The number of imidazole rings is 1. The Labute approximate surface area is 206 Å². The fraction of sp³-hybridized carbons (Fsp3) is 0.179. The number of benzene rings is 3. The Morgan fingerprint density at radius 3 is 2.51 bits per heavy atom. The number of amides is 2. The minimum absolute atomic E-state index is 0.0116. The number of thiazole rings is 1. The Balaban J connectivity index is 1.07. The maximum absolute atomic E-state index is 13.2. The molecule has 0 atom stereocenters. The third kappa shape index (κ3) is 4.19. The zero-order chi connectivity index (χ0) is 23.8. The van der Waals surface area contributed by atoms with E-state index in [0.717, 1.165) is 38.2 Å². The van der Waals surface area contributed by atoms with Crippen LogP contribution in [0.4, 0.5) is 5.69 Å². The van der Waals surface area contributed by atoms with Crippen molar-refractivity contribution in [1.29, 1.82) is 0 Å². The predicted octanol–water partition coefficient (Wildman–Crippen LogP) is 5.71.